The van der Waals surface area contributed by atoms with E-state index >= 15 is 0 Å². The van der Waals surface area contributed by atoms with Gasteiger partial charge in [-0.25, -0.2) is 0 Å². The normalized spacial score (nSPS) is 13.6. The Kier molecular flexibility index (Phi) is 6.06. The van der Waals surface area contributed by atoms with Gasteiger partial charge < -0.3 is 4.43 Å². The number of aryl methyl sites for hydroxylation is 3. The zero-order chi connectivity index (χ0) is 25.4. The van der Waals surface area contributed by atoms with Crippen LogP contribution in [0.1, 0.15) is 44.3 Å². The Labute approximate surface area is 213 Å². The third-order valence-electron chi connectivity index (χ3n) is 6.93. The third kappa shape index (κ3) is 3.94. The summed E-state index contributed by atoms with van der Waals surface area (Å²) in [5.74, 6) is -0.266. The van der Waals surface area contributed by atoms with Crippen LogP contribution in [0.4, 0.5) is 0 Å². The molecule has 4 aromatic carbocycles. The topological polar surface area (TPSA) is 43.4 Å². The van der Waals surface area contributed by atoms with Crippen molar-refractivity contribution < 1.29 is 14.0 Å². The number of Topliss-reactive ketones (excluding diaryl/α,β-unsaturated/α-hetero) is 2. The maximum absolute atomic E-state index is 13.8. The quantitative estimate of drug-likeness (QED) is 0.295. The predicted octanol–water partition coefficient (Wildman–Crippen LogP) is 4.95. The van der Waals surface area contributed by atoms with Crippen LogP contribution in [0.3, 0.4) is 0 Å². The molecule has 4 aromatic rings. The lowest BCUT2D eigenvalue weighted by atomic mass is 9.89. The van der Waals surface area contributed by atoms with Crippen LogP contribution in [-0.2, 0) is 4.43 Å². The lowest BCUT2D eigenvalue weighted by Gasteiger charge is -2.35. The fraction of sp³-hybridized carbons (Fsp3) is 0.125. The van der Waals surface area contributed by atoms with E-state index in [1.54, 1.807) is 31.2 Å². The first-order valence-corrected chi connectivity index (χ1v) is 14.0. The fourth-order valence-electron chi connectivity index (χ4n) is 4.79. The molecule has 0 heterocycles. The fourth-order valence-corrected chi connectivity index (χ4v) is 8.61. The largest absolute Gasteiger partial charge is 0.527 e. The number of carbonyl (C=O) groups excluding carboxylic acids is 2. The van der Waals surface area contributed by atoms with Crippen molar-refractivity contribution in [3.8, 4) is 0 Å². The van der Waals surface area contributed by atoms with Crippen molar-refractivity contribution in [3.05, 3.63) is 136 Å². The molecule has 1 aliphatic rings. The summed E-state index contributed by atoms with van der Waals surface area (Å²) in [4.78, 5) is 27.1. The van der Waals surface area contributed by atoms with E-state index in [4.69, 9.17) is 4.43 Å². The molecule has 0 atom stereocenters. The number of allylic oxidation sites excluding steroid dienone is 2. The summed E-state index contributed by atoms with van der Waals surface area (Å²) in [7, 11) is -3.25. The molecule has 178 valence electrons. The smallest absolute Gasteiger partial charge is 0.347 e. The average Bonchev–Trinajstić information content (AvgIpc) is 2.89. The van der Waals surface area contributed by atoms with Crippen LogP contribution < -0.4 is 15.6 Å². The number of fused-ring (bicyclic) bond motifs is 1. The molecule has 4 heteroatoms. The summed E-state index contributed by atoms with van der Waals surface area (Å²) >= 11 is 0. The van der Waals surface area contributed by atoms with Gasteiger partial charge in [0.1, 0.15) is 0 Å². The van der Waals surface area contributed by atoms with E-state index in [1.807, 2.05) is 0 Å². The van der Waals surface area contributed by atoms with Crippen LogP contribution in [-0.4, -0.2) is 19.9 Å². The SMILES string of the molecule is CC1=C(O[Si](c2ccc(C)cc2)(c2ccc(C)cc2)c2ccc(C)cc2)C(=O)c2ccccc2C1=O. The molecule has 0 unspecified atom stereocenters. The van der Waals surface area contributed by atoms with Gasteiger partial charge >= 0.3 is 8.32 Å². The van der Waals surface area contributed by atoms with Gasteiger partial charge in [0.05, 0.1) is 0 Å². The highest BCUT2D eigenvalue weighted by Crippen LogP contribution is 2.29. The summed E-state index contributed by atoms with van der Waals surface area (Å²) < 4.78 is 7.06. The average molecular weight is 489 g/mol. The van der Waals surface area contributed by atoms with E-state index in [0.29, 0.717) is 16.7 Å². The molecule has 0 amide bonds. The maximum atomic E-state index is 13.8. The minimum absolute atomic E-state index is 0.145. The molecule has 3 nitrogen and oxygen atoms in total. The van der Waals surface area contributed by atoms with Gasteiger partial charge in [-0.15, -0.1) is 0 Å². The zero-order valence-corrected chi connectivity index (χ0v) is 22.0. The first-order valence-electron chi connectivity index (χ1n) is 12.1. The van der Waals surface area contributed by atoms with Crippen molar-refractivity contribution in [1.82, 2.24) is 0 Å². The first-order chi connectivity index (χ1) is 17.3. The second-order valence-electron chi connectivity index (χ2n) is 9.54. The van der Waals surface area contributed by atoms with Crippen molar-refractivity contribution in [2.75, 3.05) is 0 Å². The minimum atomic E-state index is -3.25. The summed E-state index contributed by atoms with van der Waals surface area (Å²) in [5.41, 5.74) is 4.60. The van der Waals surface area contributed by atoms with Crippen LogP contribution in [0, 0.1) is 20.8 Å². The number of hydrogen-bond acceptors (Lipinski definition) is 3. The van der Waals surface area contributed by atoms with Gasteiger partial charge in [0, 0.05) is 16.7 Å². The molecule has 0 saturated carbocycles. The Morgan fingerprint density at radius 2 is 0.861 bits per heavy atom. The van der Waals surface area contributed by atoms with E-state index in [2.05, 4.69) is 93.6 Å². The number of carbonyl (C=O) groups is 2. The molecule has 0 bridgehead atoms. The van der Waals surface area contributed by atoms with E-state index in [-0.39, 0.29) is 17.3 Å². The van der Waals surface area contributed by atoms with Gasteiger partial charge in [0.25, 0.3) is 0 Å². The Morgan fingerprint density at radius 1 is 0.500 bits per heavy atom. The number of benzene rings is 4. The van der Waals surface area contributed by atoms with E-state index in [9.17, 15) is 9.59 Å². The minimum Gasteiger partial charge on any atom is -0.527 e. The third-order valence-corrected chi connectivity index (χ3v) is 10.9. The van der Waals surface area contributed by atoms with E-state index in [1.165, 1.54) is 0 Å². The maximum Gasteiger partial charge on any atom is 0.347 e. The summed E-state index contributed by atoms with van der Waals surface area (Å²) in [6, 6.07) is 32.0. The van der Waals surface area contributed by atoms with Crippen molar-refractivity contribution in [2.45, 2.75) is 27.7 Å². The second kappa shape index (κ2) is 9.21. The van der Waals surface area contributed by atoms with Crippen molar-refractivity contribution in [3.63, 3.8) is 0 Å². The molecule has 0 fully saturated rings. The molecule has 0 aromatic heterocycles. The van der Waals surface area contributed by atoms with Crippen LogP contribution >= 0.6 is 0 Å². The van der Waals surface area contributed by atoms with Crippen molar-refractivity contribution in [1.29, 1.82) is 0 Å². The molecule has 0 radical (unpaired) electrons. The first kappa shape index (κ1) is 23.7. The molecule has 0 N–H and O–H groups in total. The molecular weight excluding hydrogens is 460 g/mol. The Hall–Kier alpha value is -4.02. The number of rotatable bonds is 5. The predicted molar refractivity (Wildman–Crippen MR) is 147 cm³/mol. The molecule has 0 aliphatic heterocycles. The van der Waals surface area contributed by atoms with Crippen LogP contribution in [0.15, 0.2) is 108 Å². The number of ketones is 2. The molecule has 0 spiro atoms. The Balaban J connectivity index is 1.80. The van der Waals surface area contributed by atoms with Gasteiger partial charge in [-0.05, 0) is 43.3 Å². The molecule has 1 aliphatic carbocycles. The zero-order valence-electron chi connectivity index (χ0n) is 21.0. The monoisotopic (exact) mass is 488 g/mol. The van der Waals surface area contributed by atoms with Crippen molar-refractivity contribution >= 4 is 35.4 Å². The Bertz CT molecular complexity index is 1380. The number of hydrogen-bond donors (Lipinski definition) is 0. The lowest BCUT2D eigenvalue weighted by molar-refractivity contribution is 0.0936. The van der Waals surface area contributed by atoms with Crippen LogP contribution in [0.5, 0.6) is 0 Å². The van der Waals surface area contributed by atoms with Gasteiger partial charge in [-0.1, -0.05) is 114 Å². The van der Waals surface area contributed by atoms with E-state index in [0.717, 1.165) is 32.3 Å². The lowest BCUT2D eigenvalue weighted by Crippen LogP contribution is -2.69. The highest BCUT2D eigenvalue weighted by Gasteiger charge is 2.47. The van der Waals surface area contributed by atoms with Gasteiger partial charge in [-0.2, -0.15) is 0 Å². The van der Waals surface area contributed by atoms with Crippen molar-refractivity contribution in [2.24, 2.45) is 0 Å². The van der Waals surface area contributed by atoms with Gasteiger partial charge in [0.2, 0.25) is 5.78 Å². The molecule has 5 rings (SSSR count). The van der Waals surface area contributed by atoms with Crippen LogP contribution in [0.2, 0.25) is 0 Å². The molecule has 36 heavy (non-hydrogen) atoms. The summed E-state index contributed by atoms with van der Waals surface area (Å²) in [6.45, 7) is 7.86. The second-order valence-corrected chi connectivity index (χ2v) is 12.8. The van der Waals surface area contributed by atoms with Crippen LogP contribution in [0.25, 0.3) is 0 Å². The molecule has 0 saturated heterocycles. The van der Waals surface area contributed by atoms with Gasteiger partial charge in [-0.3, -0.25) is 9.59 Å². The standard InChI is InChI=1S/C32H28O3Si/c1-21-9-15-25(16-10-21)36(26-17-11-22(2)12-18-26,27-19-13-23(3)14-20-27)35-32-24(4)30(33)28-7-5-6-8-29(28)31(32)34/h5-20H,1-4H3. The highest BCUT2D eigenvalue weighted by atomic mass is 28.4. The summed E-state index contributed by atoms with van der Waals surface area (Å²) in [5, 5.41) is 3.04. The Morgan fingerprint density at radius 3 is 1.25 bits per heavy atom. The van der Waals surface area contributed by atoms with Gasteiger partial charge in [0.15, 0.2) is 11.5 Å². The summed E-state index contributed by atoms with van der Waals surface area (Å²) in [6.07, 6.45) is 0. The van der Waals surface area contributed by atoms with E-state index < -0.39 is 8.32 Å². The highest BCUT2D eigenvalue weighted by molar-refractivity contribution is 7.07. The molecular formula is C32H28O3Si.